The monoisotopic (exact) mass is 290 g/mol. The third kappa shape index (κ3) is 2.33. The summed E-state index contributed by atoms with van der Waals surface area (Å²) < 4.78 is 1.22. The van der Waals surface area contributed by atoms with Gasteiger partial charge in [-0.2, -0.15) is 0 Å². The van der Waals surface area contributed by atoms with Crippen molar-refractivity contribution >= 4 is 31.9 Å². The van der Waals surface area contributed by atoms with E-state index < -0.39 is 0 Å². The van der Waals surface area contributed by atoms with Crippen LogP contribution in [-0.2, 0) is 0 Å². The van der Waals surface area contributed by atoms with Crippen molar-refractivity contribution in [2.45, 2.75) is 19.3 Å². The van der Waals surface area contributed by atoms with Crippen LogP contribution in [0.1, 0.15) is 24.8 Å². The molecule has 0 N–H and O–H groups in total. The summed E-state index contributed by atoms with van der Waals surface area (Å²) in [5.74, 6) is 0.626. The molecule has 1 atom stereocenters. The molecule has 0 aromatic heterocycles. The first kappa shape index (κ1) is 10.3. The van der Waals surface area contributed by atoms with E-state index in [9.17, 15) is 0 Å². The Kier molecular flexibility index (Phi) is 4.30. The summed E-state index contributed by atoms with van der Waals surface area (Å²) in [5.41, 5.74) is 1.40. The van der Waals surface area contributed by atoms with Crippen molar-refractivity contribution in [2.24, 2.45) is 0 Å². The first-order valence-corrected chi connectivity index (χ1v) is 6.01. The normalized spacial score (nSPS) is 12.9. The Bertz CT molecular complexity index is 241. The van der Waals surface area contributed by atoms with E-state index in [-0.39, 0.29) is 0 Å². The van der Waals surface area contributed by atoms with Crippen molar-refractivity contribution in [1.82, 2.24) is 0 Å². The van der Waals surface area contributed by atoms with Gasteiger partial charge >= 0.3 is 0 Å². The minimum atomic E-state index is 0.626. The molecule has 0 spiro atoms. The molecule has 12 heavy (non-hydrogen) atoms. The highest BCUT2D eigenvalue weighted by atomic mass is 79.9. The van der Waals surface area contributed by atoms with Gasteiger partial charge < -0.3 is 0 Å². The molecule has 1 aromatic carbocycles. The van der Waals surface area contributed by atoms with E-state index in [1.54, 1.807) is 0 Å². The van der Waals surface area contributed by atoms with E-state index in [1.807, 2.05) is 0 Å². The molecule has 0 radical (unpaired) electrons. The smallest absolute Gasteiger partial charge is 0.0210 e. The molecule has 0 amide bonds. The molecule has 0 saturated heterocycles. The van der Waals surface area contributed by atoms with E-state index in [2.05, 4.69) is 63.0 Å². The highest BCUT2D eigenvalue weighted by Crippen LogP contribution is 2.28. The first-order chi connectivity index (χ1) is 5.79. The molecule has 0 bridgehead atoms. The molecular weight excluding hydrogens is 280 g/mol. The predicted molar refractivity (Wildman–Crippen MR) is 61.0 cm³/mol. The zero-order chi connectivity index (χ0) is 8.97. The van der Waals surface area contributed by atoms with Crippen molar-refractivity contribution in [3.05, 3.63) is 34.3 Å². The van der Waals surface area contributed by atoms with Crippen LogP contribution >= 0.6 is 31.9 Å². The van der Waals surface area contributed by atoms with Gasteiger partial charge in [-0.15, -0.1) is 0 Å². The second-order valence-electron chi connectivity index (χ2n) is 2.78. The molecule has 0 aliphatic heterocycles. The van der Waals surface area contributed by atoms with Crippen molar-refractivity contribution < 1.29 is 0 Å². The minimum Gasteiger partial charge on any atom is -0.0921 e. The second-order valence-corrected chi connectivity index (χ2v) is 4.28. The van der Waals surface area contributed by atoms with Gasteiger partial charge in [0.1, 0.15) is 0 Å². The maximum atomic E-state index is 3.56. The quantitative estimate of drug-likeness (QED) is 0.727. The molecule has 0 fully saturated rings. The van der Waals surface area contributed by atoms with Crippen molar-refractivity contribution in [3.8, 4) is 0 Å². The van der Waals surface area contributed by atoms with Crippen LogP contribution in [0.3, 0.4) is 0 Å². The van der Waals surface area contributed by atoms with E-state index in [0.717, 1.165) is 5.33 Å². The Morgan fingerprint density at radius 1 is 1.33 bits per heavy atom. The van der Waals surface area contributed by atoms with Gasteiger partial charge in [-0.3, -0.25) is 0 Å². The third-order valence-corrected chi connectivity index (χ3v) is 3.53. The average molecular weight is 292 g/mol. The van der Waals surface area contributed by atoms with E-state index in [1.165, 1.54) is 16.5 Å². The Hall–Kier alpha value is 0.180. The van der Waals surface area contributed by atoms with Crippen LogP contribution in [0.4, 0.5) is 0 Å². The van der Waals surface area contributed by atoms with Crippen molar-refractivity contribution in [2.75, 3.05) is 5.33 Å². The Labute approximate surface area is 90.6 Å². The summed E-state index contributed by atoms with van der Waals surface area (Å²) in [7, 11) is 0. The van der Waals surface area contributed by atoms with E-state index in [0.29, 0.717) is 5.92 Å². The number of hydrogen-bond acceptors (Lipinski definition) is 0. The largest absolute Gasteiger partial charge is 0.0921 e. The second kappa shape index (κ2) is 5.03. The topological polar surface area (TPSA) is 0 Å². The number of rotatable bonds is 3. The van der Waals surface area contributed by atoms with Gasteiger partial charge in [-0.05, 0) is 24.0 Å². The molecular formula is C10H12Br2. The lowest BCUT2D eigenvalue weighted by atomic mass is 9.99. The van der Waals surface area contributed by atoms with E-state index >= 15 is 0 Å². The molecule has 0 nitrogen and oxygen atoms in total. The van der Waals surface area contributed by atoms with Gasteiger partial charge in [0.05, 0.1) is 0 Å². The zero-order valence-electron chi connectivity index (χ0n) is 7.06. The molecule has 1 unspecified atom stereocenters. The Balaban J connectivity index is 2.92. The molecule has 0 aliphatic carbocycles. The zero-order valence-corrected chi connectivity index (χ0v) is 10.2. The van der Waals surface area contributed by atoms with Crippen molar-refractivity contribution in [1.29, 1.82) is 0 Å². The van der Waals surface area contributed by atoms with Crippen LogP contribution in [-0.4, -0.2) is 5.33 Å². The summed E-state index contributed by atoms with van der Waals surface area (Å²) in [6.07, 6.45) is 1.17. The van der Waals surface area contributed by atoms with Gasteiger partial charge in [0.15, 0.2) is 0 Å². The van der Waals surface area contributed by atoms with Gasteiger partial charge in [0, 0.05) is 9.80 Å². The van der Waals surface area contributed by atoms with Gasteiger partial charge in [0.25, 0.3) is 0 Å². The number of alkyl halides is 1. The fourth-order valence-corrected chi connectivity index (χ4v) is 2.63. The molecule has 1 rings (SSSR count). The molecule has 1 aromatic rings. The van der Waals surface area contributed by atoms with Crippen molar-refractivity contribution in [3.63, 3.8) is 0 Å². The summed E-state index contributed by atoms with van der Waals surface area (Å²) in [4.78, 5) is 0. The lowest BCUT2D eigenvalue weighted by molar-refractivity contribution is 0.745. The molecule has 0 saturated carbocycles. The average Bonchev–Trinajstić information content (AvgIpc) is 2.10. The third-order valence-electron chi connectivity index (χ3n) is 2.02. The fraction of sp³-hybridized carbons (Fsp3) is 0.400. The van der Waals surface area contributed by atoms with Gasteiger partial charge in [-0.1, -0.05) is 57.0 Å². The Morgan fingerprint density at radius 2 is 2.00 bits per heavy atom. The molecule has 0 aliphatic rings. The van der Waals surface area contributed by atoms with Crippen LogP contribution in [0.15, 0.2) is 28.7 Å². The van der Waals surface area contributed by atoms with Gasteiger partial charge in [0.2, 0.25) is 0 Å². The van der Waals surface area contributed by atoms with Crippen LogP contribution in [0, 0.1) is 0 Å². The predicted octanol–water partition coefficient (Wildman–Crippen LogP) is 4.34. The number of benzene rings is 1. The van der Waals surface area contributed by atoms with Crippen LogP contribution in [0.2, 0.25) is 0 Å². The van der Waals surface area contributed by atoms with Gasteiger partial charge in [-0.25, -0.2) is 0 Å². The molecule has 0 heterocycles. The SMILES string of the molecule is CCC(CBr)c1ccccc1Br. The lowest BCUT2D eigenvalue weighted by Crippen LogP contribution is -1.98. The first-order valence-electron chi connectivity index (χ1n) is 4.10. The fourth-order valence-electron chi connectivity index (χ4n) is 1.22. The summed E-state index contributed by atoms with van der Waals surface area (Å²) >= 11 is 7.08. The summed E-state index contributed by atoms with van der Waals surface area (Å²) in [5, 5.41) is 1.03. The number of hydrogen-bond donors (Lipinski definition) is 0. The highest BCUT2D eigenvalue weighted by Gasteiger charge is 2.09. The minimum absolute atomic E-state index is 0.626. The summed E-state index contributed by atoms with van der Waals surface area (Å²) in [6, 6.07) is 8.42. The molecule has 2 heteroatoms. The highest BCUT2D eigenvalue weighted by molar-refractivity contribution is 9.10. The standard InChI is InChI=1S/C10H12Br2/c1-2-8(7-11)9-5-3-4-6-10(9)12/h3-6,8H,2,7H2,1H3. The maximum Gasteiger partial charge on any atom is 0.0210 e. The van der Waals surface area contributed by atoms with Crippen LogP contribution in [0.25, 0.3) is 0 Å². The van der Waals surface area contributed by atoms with Crippen LogP contribution < -0.4 is 0 Å². The van der Waals surface area contributed by atoms with E-state index in [4.69, 9.17) is 0 Å². The number of halogens is 2. The van der Waals surface area contributed by atoms with Crippen LogP contribution in [0.5, 0.6) is 0 Å². The molecule has 66 valence electrons. The lowest BCUT2D eigenvalue weighted by Gasteiger charge is -2.13. The maximum absolute atomic E-state index is 3.56. The summed E-state index contributed by atoms with van der Waals surface area (Å²) in [6.45, 7) is 2.21. The Morgan fingerprint density at radius 3 is 2.50 bits per heavy atom.